The molecule has 8 heteroatoms. The van der Waals surface area contributed by atoms with Gasteiger partial charge in [-0.05, 0) is 38.1 Å². The topological polar surface area (TPSA) is 94.6 Å². The molecule has 0 fully saturated rings. The van der Waals surface area contributed by atoms with Crippen molar-refractivity contribution in [2.75, 3.05) is 19.8 Å². The van der Waals surface area contributed by atoms with E-state index in [0.29, 0.717) is 23.3 Å². The minimum atomic E-state index is -3.88. The summed E-state index contributed by atoms with van der Waals surface area (Å²) in [5.74, 6) is -0.128. The Morgan fingerprint density at radius 3 is 2.70 bits per heavy atom. The molecule has 23 heavy (non-hydrogen) atoms. The fourth-order valence-corrected chi connectivity index (χ4v) is 3.24. The van der Waals surface area contributed by atoms with Gasteiger partial charge in [-0.25, -0.2) is 8.42 Å². The van der Waals surface area contributed by atoms with E-state index in [9.17, 15) is 13.2 Å². The molecule has 0 amide bonds. The van der Waals surface area contributed by atoms with Gasteiger partial charge >= 0.3 is 5.97 Å². The summed E-state index contributed by atoms with van der Waals surface area (Å²) in [5.41, 5.74) is 0.452. The number of rotatable bonds is 7. The number of pyridine rings is 1. The standard InChI is InChI=1S/C15H18N2O5S/c1-3-21-12-7-8-13(11-6-5-9-16-15(11)12)23(19,20)17-10-14(18)22-4-2/h5-9,17H,3-4,10H2,1-2H3. The van der Waals surface area contributed by atoms with Gasteiger partial charge in [0.25, 0.3) is 0 Å². The largest absolute Gasteiger partial charge is 0.492 e. The first-order valence-corrected chi connectivity index (χ1v) is 8.63. The number of nitrogens with one attached hydrogen (secondary N) is 1. The Morgan fingerprint density at radius 2 is 2.00 bits per heavy atom. The van der Waals surface area contributed by atoms with Crippen LogP contribution in [0, 0.1) is 0 Å². The molecular weight excluding hydrogens is 320 g/mol. The van der Waals surface area contributed by atoms with Gasteiger partial charge in [0, 0.05) is 11.6 Å². The Bertz CT molecular complexity index is 805. The van der Waals surface area contributed by atoms with Crippen LogP contribution in [0.1, 0.15) is 13.8 Å². The lowest BCUT2D eigenvalue weighted by Gasteiger charge is -2.12. The smallest absolute Gasteiger partial charge is 0.321 e. The van der Waals surface area contributed by atoms with Gasteiger partial charge in [-0.3, -0.25) is 9.78 Å². The van der Waals surface area contributed by atoms with Crippen molar-refractivity contribution in [2.24, 2.45) is 0 Å². The quantitative estimate of drug-likeness (QED) is 0.768. The van der Waals surface area contributed by atoms with E-state index in [2.05, 4.69) is 9.71 Å². The third kappa shape index (κ3) is 3.96. The van der Waals surface area contributed by atoms with Crippen LogP contribution in [0.5, 0.6) is 5.75 Å². The van der Waals surface area contributed by atoms with Crippen LogP contribution in [-0.2, 0) is 19.6 Å². The highest BCUT2D eigenvalue weighted by Crippen LogP contribution is 2.29. The lowest BCUT2D eigenvalue weighted by Crippen LogP contribution is -2.30. The van der Waals surface area contributed by atoms with Crippen LogP contribution in [0.15, 0.2) is 35.4 Å². The zero-order chi connectivity index (χ0) is 16.9. The first-order chi connectivity index (χ1) is 11.0. The van der Waals surface area contributed by atoms with E-state index in [1.807, 2.05) is 6.92 Å². The van der Waals surface area contributed by atoms with Gasteiger partial charge in [-0.2, -0.15) is 4.72 Å². The lowest BCUT2D eigenvalue weighted by atomic mass is 10.2. The molecule has 0 radical (unpaired) electrons. The van der Waals surface area contributed by atoms with Gasteiger partial charge in [0.15, 0.2) is 0 Å². The van der Waals surface area contributed by atoms with E-state index in [-0.39, 0.29) is 11.5 Å². The number of sulfonamides is 1. The highest BCUT2D eigenvalue weighted by atomic mass is 32.2. The molecule has 2 aromatic rings. The van der Waals surface area contributed by atoms with Gasteiger partial charge in [0.05, 0.1) is 18.1 Å². The van der Waals surface area contributed by atoms with Crippen molar-refractivity contribution in [3.8, 4) is 5.75 Å². The van der Waals surface area contributed by atoms with Crippen LogP contribution >= 0.6 is 0 Å². The third-order valence-electron chi connectivity index (χ3n) is 2.99. The normalized spacial score (nSPS) is 11.4. The van der Waals surface area contributed by atoms with Crippen molar-refractivity contribution in [3.05, 3.63) is 30.5 Å². The maximum Gasteiger partial charge on any atom is 0.321 e. The Morgan fingerprint density at radius 1 is 1.22 bits per heavy atom. The van der Waals surface area contributed by atoms with Crippen molar-refractivity contribution in [2.45, 2.75) is 18.7 Å². The number of carbonyl (C=O) groups excluding carboxylic acids is 1. The molecule has 1 heterocycles. The van der Waals surface area contributed by atoms with E-state index >= 15 is 0 Å². The number of esters is 1. The average Bonchev–Trinajstić information content (AvgIpc) is 2.54. The molecule has 0 aliphatic carbocycles. The number of aromatic nitrogens is 1. The number of ether oxygens (including phenoxy) is 2. The monoisotopic (exact) mass is 338 g/mol. The van der Waals surface area contributed by atoms with Crippen LogP contribution in [0.4, 0.5) is 0 Å². The fraction of sp³-hybridized carbons (Fsp3) is 0.333. The summed E-state index contributed by atoms with van der Waals surface area (Å²) in [5, 5.41) is 0.426. The van der Waals surface area contributed by atoms with Gasteiger partial charge < -0.3 is 9.47 Å². The predicted octanol–water partition coefficient (Wildman–Crippen LogP) is 1.47. The first-order valence-electron chi connectivity index (χ1n) is 7.15. The van der Waals surface area contributed by atoms with E-state index < -0.39 is 22.5 Å². The van der Waals surface area contributed by atoms with Crippen LogP contribution in [0.3, 0.4) is 0 Å². The zero-order valence-corrected chi connectivity index (χ0v) is 13.7. The summed E-state index contributed by atoms with van der Waals surface area (Å²) in [6, 6.07) is 6.27. The van der Waals surface area contributed by atoms with E-state index in [0.717, 1.165) is 0 Å². The van der Waals surface area contributed by atoms with E-state index in [1.54, 1.807) is 31.3 Å². The fourth-order valence-electron chi connectivity index (χ4n) is 2.07. The summed E-state index contributed by atoms with van der Waals surface area (Å²) in [4.78, 5) is 15.6. The van der Waals surface area contributed by atoms with Crippen molar-refractivity contribution >= 4 is 26.9 Å². The molecule has 0 saturated carbocycles. The van der Waals surface area contributed by atoms with Crippen LogP contribution in [-0.4, -0.2) is 39.1 Å². The highest BCUT2D eigenvalue weighted by Gasteiger charge is 2.20. The Kier molecular flexibility index (Phi) is 5.51. The molecule has 0 bridgehead atoms. The number of hydrogen-bond donors (Lipinski definition) is 1. The number of hydrogen-bond acceptors (Lipinski definition) is 6. The summed E-state index contributed by atoms with van der Waals surface area (Å²) < 4.78 is 37.3. The Hall–Kier alpha value is -2.19. The molecular formula is C15H18N2O5S. The predicted molar refractivity (Wildman–Crippen MR) is 84.7 cm³/mol. The maximum absolute atomic E-state index is 12.4. The molecule has 124 valence electrons. The molecule has 0 unspecified atom stereocenters. The molecule has 0 aliphatic heterocycles. The zero-order valence-electron chi connectivity index (χ0n) is 12.9. The van der Waals surface area contributed by atoms with E-state index in [1.165, 1.54) is 6.07 Å². The van der Waals surface area contributed by atoms with Gasteiger partial charge in [0.2, 0.25) is 10.0 Å². The lowest BCUT2D eigenvalue weighted by molar-refractivity contribution is -0.141. The van der Waals surface area contributed by atoms with Crippen LogP contribution in [0.25, 0.3) is 10.9 Å². The van der Waals surface area contributed by atoms with Crippen LogP contribution in [0.2, 0.25) is 0 Å². The van der Waals surface area contributed by atoms with Gasteiger partial charge in [-0.15, -0.1) is 0 Å². The molecule has 1 N–H and O–H groups in total. The van der Waals surface area contributed by atoms with Gasteiger partial charge in [0.1, 0.15) is 17.8 Å². The highest BCUT2D eigenvalue weighted by molar-refractivity contribution is 7.89. The summed E-state index contributed by atoms with van der Waals surface area (Å²) >= 11 is 0. The molecule has 0 atom stereocenters. The van der Waals surface area contributed by atoms with E-state index in [4.69, 9.17) is 9.47 Å². The summed E-state index contributed by atoms with van der Waals surface area (Å²) in [6.45, 7) is 3.69. The second-order valence-electron chi connectivity index (χ2n) is 4.52. The third-order valence-corrected chi connectivity index (χ3v) is 4.45. The van der Waals surface area contributed by atoms with Crippen molar-refractivity contribution < 1.29 is 22.7 Å². The second kappa shape index (κ2) is 7.38. The van der Waals surface area contributed by atoms with Crippen molar-refractivity contribution in [1.82, 2.24) is 9.71 Å². The Balaban J connectivity index is 2.39. The molecule has 0 saturated heterocycles. The molecule has 1 aromatic heterocycles. The molecule has 2 rings (SSSR count). The van der Waals surface area contributed by atoms with Crippen molar-refractivity contribution in [3.63, 3.8) is 0 Å². The number of fused-ring (bicyclic) bond motifs is 1. The Labute approximate surface area is 134 Å². The average molecular weight is 338 g/mol. The minimum Gasteiger partial charge on any atom is -0.492 e. The van der Waals surface area contributed by atoms with Crippen molar-refractivity contribution in [1.29, 1.82) is 0 Å². The summed E-state index contributed by atoms with van der Waals surface area (Å²) in [7, 11) is -3.88. The number of carbonyl (C=O) groups is 1. The molecule has 0 aliphatic rings. The first kappa shape index (κ1) is 17.2. The second-order valence-corrected chi connectivity index (χ2v) is 6.26. The number of benzene rings is 1. The minimum absolute atomic E-state index is 0.0355. The van der Waals surface area contributed by atoms with Crippen LogP contribution < -0.4 is 9.46 Å². The number of nitrogens with zero attached hydrogens (tertiary/aromatic N) is 1. The molecule has 0 spiro atoms. The maximum atomic E-state index is 12.4. The van der Waals surface area contributed by atoms with Gasteiger partial charge in [-0.1, -0.05) is 0 Å². The SMILES string of the molecule is CCOC(=O)CNS(=O)(=O)c1ccc(OCC)c2ncccc12. The molecule has 7 nitrogen and oxygen atoms in total. The molecule has 1 aromatic carbocycles. The summed E-state index contributed by atoms with van der Waals surface area (Å²) in [6.07, 6.45) is 1.56.